The number of ether oxygens (including phenoxy) is 2. The molecule has 8 nitrogen and oxygen atoms in total. The highest BCUT2D eigenvalue weighted by Gasteiger charge is 2.40. The van der Waals surface area contributed by atoms with E-state index in [9.17, 15) is 0 Å². The van der Waals surface area contributed by atoms with Gasteiger partial charge in [0.15, 0.2) is 5.01 Å². The van der Waals surface area contributed by atoms with Gasteiger partial charge in [-0.2, -0.15) is 0 Å². The number of piperidine rings is 1. The monoisotopic (exact) mass is 547 g/mol. The molecule has 0 radical (unpaired) electrons. The minimum Gasteiger partial charge on any atom is -0.496 e. The summed E-state index contributed by atoms with van der Waals surface area (Å²) in [5, 5.41) is 14.6. The molecule has 0 amide bonds. The molecule has 1 aliphatic heterocycles. The zero-order chi connectivity index (χ0) is 27.8. The minimum atomic E-state index is 0.0317. The van der Waals surface area contributed by atoms with Gasteiger partial charge in [0.2, 0.25) is 11.0 Å². The maximum absolute atomic E-state index is 6.40. The molecule has 9 heteroatoms. The molecule has 1 fully saturated rings. The van der Waals surface area contributed by atoms with Gasteiger partial charge in [0.1, 0.15) is 23.9 Å². The van der Waals surface area contributed by atoms with Gasteiger partial charge in [-0.15, -0.1) is 10.2 Å². The van der Waals surface area contributed by atoms with E-state index in [1.807, 2.05) is 49.4 Å². The van der Waals surface area contributed by atoms with Crippen molar-refractivity contribution >= 4 is 16.5 Å². The Kier molecular flexibility index (Phi) is 7.39. The van der Waals surface area contributed by atoms with Crippen molar-refractivity contribution in [2.75, 3.05) is 19.1 Å². The molecule has 39 heavy (non-hydrogen) atoms. The van der Waals surface area contributed by atoms with E-state index in [1.54, 1.807) is 24.6 Å². The molecule has 1 aliphatic rings. The summed E-state index contributed by atoms with van der Waals surface area (Å²) in [5.74, 6) is 2.51. The number of aryl methyl sites for hydroxylation is 1. The minimum absolute atomic E-state index is 0.0317. The largest absolute Gasteiger partial charge is 0.496 e. The number of nitrogens with zero attached hydrogens (tertiary/aromatic N) is 4. The Balaban J connectivity index is 1.51. The van der Waals surface area contributed by atoms with Crippen LogP contribution in [0.3, 0.4) is 0 Å². The highest BCUT2D eigenvalue weighted by atomic mass is 32.1. The summed E-state index contributed by atoms with van der Waals surface area (Å²) in [6.07, 6.45) is 3.73. The van der Waals surface area contributed by atoms with Crippen LogP contribution in [0.5, 0.6) is 11.5 Å². The molecule has 4 aromatic rings. The second-order valence-electron chi connectivity index (χ2n) is 11.6. The van der Waals surface area contributed by atoms with E-state index in [0.717, 1.165) is 45.4 Å². The molecule has 0 bridgehead atoms. The Morgan fingerprint density at radius 1 is 1.05 bits per heavy atom. The van der Waals surface area contributed by atoms with Crippen LogP contribution >= 0.6 is 11.3 Å². The van der Waals surface area contributed by atoms with Crippen LogP contribution in [0, 0.1) is 6.92 Å². The molecule has 0 saturated carbocycles. The first kappa shape index (κ1) is 27.1. The lowest BCUT2D eigenvalue weighted by molar-refractivity contribution is 0.161. The molecular formula is C30H37N5O3S. The van der Waals surface area contributed by atoms with Crippen LogP contribution in [-0.4, -0.2) is 46.5 Å². The van der Waals surface area contributed by atoms with Crippen LogP contribution in [0.2, 0.25) is 0 Å². The summed E-state index contributed by atoms with van der Waals surface area (Å²) in [6.45, 7) is 11.3. The lowest BCUT2D eigenvalue weighted by atomic mass is 9.79. The predicted molar refractivity (Wildman–Crippen MR) is 156 cm³/mol. The Morgan fingerprint density at radius 2 is 1.74 bits per heavy atom. The molecule has 0 spiro atoms. The standard InChI is InChI=1S/C30H37N5O3S/c1-19-17-31-26(38-19)21-13-23(36-7)25(24(14-21)37-18-20-11-9-8-10-12-20)27-32-33-28(39-27)35(6)22-15-29(2,3)34-30(4,5)16-22/h8-14,17,22,34H,15-16,18H2,1-7H3. The number of hydrogen-bond acceptors (Lipinski definition) is 9. The van der Waals surface area contributed by atoms with Gasteiger partial charge in [-0.3, -0.25) is 0 Å². The van der Waals surface area contributed by atoms with Crippen LogP contribution in [0.1, 0.15) is 51.9 Å². The zero-order valence-electron chi connectivity index (χ0n) is 23.7. The quantitative estimate of drug-likeness (QED) is 0.268. The van der Waals surface area contributed by atoms with Crippen molar-refractivity contribution in [3.05, 3.63) is 60.0 Å². The molecule has 206 valence electrons. The summed E-state index contributed by atoms with van der Waals surface area (Å²) in [7, 11) is 3.77. The molecule has 0 atom stereocenters. The molecule has 1 saturated heterocycles. The van der Waals surface area contributed by atoms with E-state index in [0.29, 0.717) is 30.0 Å². The van der Waals surface area contributed by atoms with Gasteiger partial charge in [-0.25, -0.2) is 4.98 Å². The Labute approximate surface area is 234 Å². The normalized spacial score (nSPS) is 16.7. The molecule has 2 aromatic carbocycles. The Morgan fingerprint density at radius 3 is 2.38 bits per heavy atom. The highest BCUT2D eigenvalue weighted by Crippen LogP contribution is 2.45. The van der Waals surface area contributed by atoms with Crippen molar-refractivity contribution in [1.29, 1.82) is 0 Å². The summed E-state index contributed by atoms with van der Waals surface area (Å²) >= 11 is 1.54. The van der Waals surface area contributed by atoms with Crippen molar-refractivity contribution in [3.8, 4) is 33.5 Å². The van der Waals surface area contributed by atoms with Crippen LogP contribution in [0.25, 0.3) is 22.0 Å². The lowest BCUT2D eigenvalue weighted by Crippen LogP contribution is -2.61. The number of nitrogens with one attached hydrogen (secondary N) is 1. The number of hydrogen-bond donors (Lipinski definition) is 1. The average molecular weight is 548 g/mol. The van der Waals surface area contributed by atoms with E-state index >= 15 is 0 Å². The number of rotatable bonds is 8. The van der Waals surface area contributed by atoms with E-state index in [-0.39, 0.29) is 11.1 Å². The number of methoxy groups -OCH3 is 1. The third-order valence-electron chi connectivity index (χ3n) is 7.04. The van der Waals surface area contributed by atoms with Crippen LogP contribution < -0.4 is 19.7 Å². The third-order valence-corrected chi connectivity index (χ3v) is 8.07. The van der Waals surface area contributed by atoms with Crippen molar-refractivity contribution in [2.24, 2.45) is 0 Å². The van der Waals surface area contributed by atoms with Gasteiger partial charge >= 0.3 is 0 Å². The molecule has 1 N–H and O–H groups in total. The fourth-order valence-electron chi connectivity index (χ4n) is 5.58. The van der Waals surface area contributed by atoms with Crippen LogP contribution in [0.15, 0.2) is 53.1 Å². The molecule has 2 aromatic heterocycles. The van der Waals surface area contributed by atoms with E-state index in [1.165, 1.54) is 0 Å². The van der Waals surface area contributed by atoms with Crippen LogP contribution in [0.4, 0.5) is 5.13 Å². The third kappa shape index (κ3) is 6.09. The van der Waals surface area contributed by atoms with Gasteiger partial charge in [0, 0.05) is 29.7 Å². The smallest absolute Gasteiger partial charge is 0.226 e. The Hall–Kier alpha value is -3.43. The van der Waals surface area contributed by atoms with Gasteiger partial charge in [0.05, 0.1) is 18.9 Å². The van der Waals surface area contributed by atoms with Crippen molar-refractivity contribution in [1.82, 2.24) is 20.5 Å². The number of anilines is 1. The van der Waals surface area contributed by atoms with E-state index < -0.39 is 0 Å². The van der Waals surface area contributed by atoms with Gasteiger partial charge < -0.3 is 24.1 Å². The predicted octanol–water partition coefficient (Wildman–Crippen LogP) is 6.50. The zero-order valence-corrected chi connectivity index (χ0v) is 24.6. The first-order chi connectivity index (χ1) is 18.5. The molecule has 5 rings (SSSR count). The molecule has 0 aliphatic carbocycles. The summed E-state index contributed by atoms with van der Waals surface area (Å²) < 4.78 is 18.1. The van der Waals surface area contributed by atoms with Crippen molar-refractivity contribution in [2.45, 2.75) is 71.2 Å². The SMILES string of the molecule is COc1cc(-c2ncc(C)o2)cc(OCc2ccccc2)c1-c1nnc(N(C)C2CC(C)(C)NC(C)(C)C2)s1. The number of aromatic nitrogens is 3. The average Bonchev–Trinajstić information content (AvgIpc) is 3.54. The van der Waals surface area contributed by atoms with E-state index in [2.05, 4.69) is 60.1 Å². The lowest BCUT2D eigenvalue weighted by Gasteiger charge is -2.48. The maximum Gasteiger partial charge on any atom is 0.226 e. The second kappa shape index (κ2) is 10.6. The van der Waals surface area contributed by atoms with Crippen LogP contribution in [-0.2, 0) is 6.61 Å². The Bertz CT molecular complexity index is 1410. The maximum atomic E-state index is 6.40. The van der Waals surface area contributed by atoms with Gasteiger partial charge in [-0.1, -0.05) is 41.7 Å². The van der Waals surface area contributed by atoms with Crippen molar-refractivity contribution < 1.29 is 13.9 Å². The van der Waals surface area contributed by atoms with E-state index in [4.69, 9.17) is 13.9 Å². The molecular weight excluding hydrogens is 510 g/mol. The molecule has 3 heterocycles. The second-order valence-corrected chi connectivity index (χ2v) is 12.5. The summed E-state index contributed by atoms with van der Waals surface area (Å²) in [5.41, 5.74) is 2.67. The fraction of sp³-hybridized carbons (Fsp3) is 0.433. The summed E-state index contributed by atoms with van der Waals surface area (Å²) in [4.78, 5) is 6.68. The number of benzene rings is 2. The molecule has 0 unspecified atom stereocenters. The number of oxazole rings is 1. The highest BCUT2D eigenvalue weighted by molar-refractivity contribution is 7.18. The van der Waals surface area contributed by atoms with Gasteiger partial charge in [0.25, 0.3) is 0 Å². The fourth-order valence-corrected chi connectivity index (χ4v) is 6.51. The topological polar surface area (TPSA) is 85.5 Å². The van der Waals surface area contributed by atoms with Crippen molar-refractivity contribution in [3.63, 3.8) is 0 Å². The van der Waals surface area contributed by atoms with Gasteiger partial charge in [-0.05, 0) is 65.2 Å². The summed E-state index contributed by atoms with van der Waals surface area (Å²) in [6, 6.07) is 14.3. The first-order valence-electron chi connectivity index (χ1n) is 13.2. The first-order valence-corrected chi connectivity index (χ1v) is 14.0.